The van der Waals surface area contributed by atoms with Crippen molar-refractivity contribution in [3.8, 4) is 11.4 Å². The number of benzene rings is 1. The zero-order valence-corrected chi connectivity index (χ0v) is 12.5. The molecule has 0 saturated carbocycles. The van der Waals surface area contributed by atoms with Gasteiger partial charge in [-0.3, -0.25) is 0 Å². The fourth-order valence-electron chi connectivity index (χ4n) is 1.60. The number of aromatic nitrogens is 2. The summed E-state index contributed by atoms with van der Waals surface area (Å²) in [5.41, 5.74) is 1.94. The van der Waals surface area contributed by atoms with Crippen molar-refractivity contribution in [1.29, 1.82) is 0 Å². The summed E-state index contributed by atoms with van der Waals surface area (Å²) in [5.74, 6) is 1.51. The van der Waals surface area contributed by atoms with Crippen LogP contribution in [0, 0.1) is 0 Å². The molecule has 0 spiro atoms. The van der Waals surface area contributed by atoms with Gasteiger partial charge in [0, 0.05) is 33.9 Å². The lowest BCUT2D eigenvalue weighted by atomic mass is 10.2. The molecule has 0 radical (unpaired) electrons. The minimum atomic E-state index is 0.686. The average Bonchev–Trinajstić information content (AvgIpc) is 2.38. The van der Waals surface area contributed by atoms with Crippen molar-refractivity contribution in [2.45, 2.75) is 13.3 Å². The molecule has 18 heavy (non-hydrogen) atoms. The molecule has 2 rings (SSSR count). The van der Waals surface area contributed by atoms with Gasteiger partial charge in [0.25, 0.3) is 0 Å². The second-order valence-electron chi connectivity index (χ2n) is 3.80. The zero-order chi connectivity index (χ0) is 13.1. The standard InChI is InChI=1S/C13H13BrClN3/c1-3-9-7-12(16-2)18-13(17-9)10-5-4-8(15)6-11(10)14/h4-7H,3H2,1-2H3,(H,16,17,18). The molecule has 1 aromatic heterocycles. The third-order valence-corrected chi connectivity index (χ3v) is 3.46. The first-order valence-electron chi connectivity index (χ1n) is 5.65. The van der Waals surface area contributed by atoms with Gasteiger partial charge in [-0.15, -0.1) is 0 Å². The van der Waals surface area contributed by atoms with Gasteiger partial charge >= 0.3 is 0 Å². The Hall–Kier alpha value is -1.13. The van der Waals surface area contributed by atoms with Crippen molar-refractivity contribution in [2.24, 2.45) is 0 Å². The highest BCUT2D eigenvalue weighted by atomic mass is 79.9. The van der Waals surface area contributed by atoms with E-state index in [1.165, 1.54) is 0 Å². The van der Waals surface area contributed by atoms with E-state index in [9.17, 15) is 0 Å². The van der Waals surface area contributed by atoms with Gasteiger partial charge in [-0.25, -0.2) is 9.97 Å². The Labute approximate surface area is 120 Å². The first kappa shape index (κ1) is 13.3. The minimum Gasteiger partial charge on any atom is -0.373 e. The predicted octanol–water partition coefficient (Wildman–Crippen LogP) is 4.16. The summed E-state index contributed by atoms with van der Waals surface area (Å²) in [6.45, 7) is 2.07. The van der Waals surface area contributed by atoms with E-state index in [4.69, 9.17) is 11.6 Å². The lowest BCUT2D eigenvalue weighted by molar-refractivity contribution is 1.00. The number of halogens is 2. The van der Waals surface area contributed by atoms with Gasteiger partial charge in [0.05, 0.1) is 0 Å². The van der Waals surface area contributed by atoms with Gasteiger partial charge in [-0.2, -0.15) is 0 Å². The molecule has 0 saturated heterocycles. The van der Waals surface area contributed by atoms with E-state index in [2.05, 4.69) is 38.1 Å². The van der Waals surface area contributed by atoms with Crippen molar-refractivity contribution < 1.29 is 0 Å². The van der Waals surface area contributed by atoms with E-state index in [0.717, 1.165) is 28.0 Å². The highest BCUT2D eigenvalue weighted by Gasteiger charge is 2.09. The van der Waals surface area contributed by atoms with Crippen LogP contribution in [0.3, 0.4) is 0 Å². The first-order valence-corrected chi connectivity index (χ1v) is 6.82. The molecule has 0 amide bonds. The van der Waals surface area contributed by atoms with Gasteiger partial charge in [-0.05, 0) is 40.5 Å². The van der Waals surface area contributed by atoms with Crippen LogP contribution in [0.2, 0.25) is 5.02 Å². The van der Waals surface area contributed by atoms with Gasteiger partial charge in [0.15, 0.2) is 5.82 Å². The van der Waals surface area contributed by atoms with Crippen LogP contribution in [0.15, 0.2) is 28.7 Å². The maximum absolute atomic E-state index is 5.94. The fraction of sp³-hybridized carbons (Fsp3) is 0.231. The SMILES string of the molecule is CCc1cc(NC)nc(-c2ccc(Cl)cc2Br)n1. The Morgan fingerprint density at radius 3 is 2.67 bits per heavy atom. The molecule has 0 bridgehead atoms. The summed E-state index contributed by atoms with van der Waals surface area (Å²) in [7, 11) is 1.85. The number of nitrogens with one attached hydrogen (secondary N) is 1. The molecule has 0 atom stereocenters. The third kappa shape index (κ3) is 2.82. The quantitative estimate of drug-likeness (QED) is 0.920. The van der Waals surface area contributed by atoms with Crippen LogP contribution >= 0.6 is 27.5 Å². The van der Waals surface area contributed by atoms with Crippen LogP contribution in [0.1, 0.15) is 12.6 Å². The highest BCUT2D eigenvalue weighted by Crippen LogP contribution is 2.29. The summed E-state index contributed by atoms with van der Waals surface area (Å²) >= 11 is 9.43. The maximum Gasteiger partial charge on any atom is 0.162 e. The smallest absolute Gasteiger partial charge is 0.162 e. The van der Waals surface area contributed by atoms with Gasteiger partial charge < -0.3 is 5.32 Å². The lowest BCUT2D eigenvalue weighted by Crippen LogP contribution is -2.00. The molecule has 0 unspecified atom stereocenters. The number of anilines is 1. The van der Waals surface area contributed by atoms with Crippen LogP contribution in [0.25, 0.3) is 11.4 Å². The van der Waals surface area contributed by atoms with Crippen molar-refractivity contribution in [3.63, 3.8) is 0 Å². The van der Waals surface area contributed by atoms with Gasteiger partial charge in [0.1, 0.15) is 5.82 Å². The van der Waals surface area contributed by atoms with Gasteiger partial charge in [0.2, 0.25) is 0 Å². The maximum atomic E-state index is 5.94. The summed E-state index contributed by atoms with van der Waals surface area (Å²) in [6, 6.07) is 7.55. The van der Waals surface area contributed by atoms with Gasteiger partial charge in [-0.1, -0.05) is 18.5 Å². The molecule has 0 fully saturated rings. The monoisotopic (exact) mass is 325 g/mol. The Balaban J connectivity index is 2.55. The van der Waals surface area contributed by atoms with E-state index in [1.54, 1.807) is 0 Å². The van der Waals surface area contributed by atoms with Crippen LogP contribution < -0.4 is 5.32 Å². The number of hydrogen-bond donors (Lipinski definition) is 1. The summed E-state index contributed by atoms with van der Waals surface area (Å²) < 4.78 is 0.894. The fourth-order valence-corrected chi connectivity index (χ4v) is 2.46. The van der Waals surface area contributed by atoms with Crippen molar-refractivity contribution >= 4 is 33.3 Å². The predicted molar refractivity (Wildman–Crippen MR) is 79.1 cm³/mol. The number of aryl methyl sites for hydroxylation is 1. The third-order valence-electron chi connectivity index (χ3n) is 2.57. The molecule has 0 aliphatic rings. The van der Waals surface area contributed by atoms with E-state index >= 15 is 0 Å². The lowest BCUT2D eigenvalue weighted by Gasteiger charge is -2.08. The van der Waals surface area contributed by atoms with E-state index < -0.39 is 0 Å². The zero-order valence-electron chi connectivity index (χ0n) is 10.2. The minimum absolute atomic E-state index is 0.686. The van der Waals surface area contributed by atoms with Crippen LogP contribution in [-0.2, 0) is 6.42 Å². The number of hydrogen-bond acceptors (Lipinski definition) is 3. The van der Waals surface area contributed by atoms with Crippen molar-refractivity contribution in [1.82, 2.24) is 9.97 Å². The van der Waals surface area contributed by atoms with Crippen LogP contribution in [-0.4, -0.2) is 17.0 Å². The average molecular weight is 327 g/mol. The second kappa shape index (κ2) is 5.67. The second-order valence-corrected chi connectivity index (χ2v) is 5.09. The molecule has 3 nitrogen and oxygen atoms in total. The Kier molecular flexibility index (Phi) is 4.19. The van der Waals surface area contributed by atoms with Crippen LogP contribution in [0.4, 0.5) is 5.82 Å². The molecule has 1 aromatic carbocycles. The summed E-state index contributed by atoms with van der Waals surface area (Å²) in [6.07, 6.45) is 0.870. The highest BCUT2D eigenvalue weighted by molar-refractivity contribution is 9.10. The molecule has 0 aliphatic carbocycles. The van der Waals surface area contributed by atoms with Crippen LogP contribution in [0.5, 0.6) is 0 Å². The molecular weight excluding hydrogens is 314 g/mol. The molecule has 0 aliphatic heterocycles. The number of rotatable bonds is 3. The van der Waals surface area contributed by atoms with E-state index in [-0.39, 0.29) is 0 Å². The topological polar surface area (TPSA) is 37.8 Å². The molecule has 5 heteroatoms. The normalized spacial score (nSPS) is 10.4. The summed E-state index contributed by atoms with van der Waals surface area (Å²) in [5, 5.41) is 3.74. The van der Waals surface area contributed by atoms with Crippen molar-refractivity contribution in [2.75, 3.05) is 12.4 Å². The van der Waals surface area contributed by atoms with Crippen molar-refractivity contribution in [3.05, 3.63) is 39.5 Å². The number of nitrogens with zero attached hydrogens (tertiary/aromatic N) is 2. The van der Waals surface area contributed by atoms with E-state index in [0.29, 0.717) is 10.8 Å². The molecule has 1 heterocycles. The van der Waals surface area contributed by atoms with E-state index in [1.807, 2.05) is 31.3 Å². The molecule has 1 N–H and O–H groups in total. The Bertz CT molecular complexity index is 550. The molecular formula is C13H13BrClN3. The first-order chi connectivity index (χ1) is 8.63. The summed E-state index contributed by atoms with van der Waals surface area (Å²) in [4.78, 5) is 9.00. The molecule has 94 valence electrons. The largest absolute Gasteiger partial charge is 0.373 e. The molecule has 2 aromatic rings. The Morgan fingerprint density at radius 1 is 1.28 bits per heavy atom. The Morgan fingerprint density at radius 2 is 2.06 bits per heavy atom.